The molecule has 26 heavy (non-hydrogen) atoms. The number of aryl methyl sites for hydroxylation is 1. The summed E-state index contributed by atoms with van der Waals surface area (Å²) in [4.78, 5) is 20.5. The number of ether oxygens (including phenoxy) is 2. The van der Waals surface area contributed by atoms with Crippen molar-refractivity contribution in [3.05, 3.63) is 47.5 Å². The molecule has 1 fully saturated rings. The van der Waals surface area contributed by atoms with E-state index >= 15 is 0 Å². The molecule has 1 heterocycles. The van der Waals surface area contributed by atoms with Gasteiger partial charge in [0.1, 0.15) is 11.9 Å². The lowest BCUT2D eigenvalue weighted by Crippen LogP contribution is -2.39. The van der Waals surface area contributed by atoms with E-state index in [0.717, 1.165) is 25.7 Å². The third-order valence-corrected chi connectivity index (χ3v) is 4.53. The Balaban J connectivity index is 1.50. The molecule has 1 aromatic carbocycles. The second-order valence-corrected chi connectivity index (χ2v) is 6.43. The van der Waals surface area contributed by atoms with Crippen molar-refractivity contribution in [3.8, 4) is 11.8 Å². The number of amides is 1. The van der Waals surface area contributed by atoms with E-state index < -0.39 is 0 Å². The minimum Gasteiger partial charge on any atom is -0.480 e. The molecule has 1 amide bonds. The van der Waals surface area contributed by atoms with Gasteiger partial charge in [-0.1, -0.05) is 6.07 Å². The molecule has 0 spiro atoms. The van der Waals surface area contributed by atoms with Gasteiger partial charge in [0, 0.05) is 11.6 Å². The molecule has 0 atom stereocenters. The van der Waals surface area contributed by atoms with E-state index in [2.05, 4.69) is 15.3 Å². The highest BCUT2D eigenvalue weighted by molar-refractivity contribution is 5.94. The van der Waals surface area contributed by atoms with Crippen LogP contribution in [0, 0.1) is 12.7 Å². The van der Waals surface area contributed by atoms with Crippen LogP contribution in [0.25, 0.3) is 0 Å². The van der Waals surface area contributed by atoms with Gasteiger partial charge in [0.15, 0.2) is 0 Å². The van der Waals surface area contributed by atoms with E-state index in [-0.39, 0.29) is 23.9 Å². The fourth-order valence-corrected chi connectivity index (χ4v) is 2.98. The number of methoxy groups -OCH3 is 1. The number of carbonyl (C=O) groups is 1. The van der Waals surface area contributed by atoms with Crippen LogP contribution in [0.2, 0.25) is 0 Å². The largest absolute Gasteiger partial charge is 0.480 e. The molecule has 3 rings (SSSR count). The quantitative estimate of drug-likeness (QED) is 0.888. The molecule has 0 radical (unpaired) electrons. The maximum Gasteiger partial charge on any atom is 0.251 e. The van der Waals surface area contributed by atoms with Crippen molar-refractivity contribution in [2.24, 2.45) is 0 Å². The average molecular weight is 359 g/mol. The molecule has 1 aliphatic carbocycles. The van der Waals surface area contributed by atoms with Gasteiger partial charge in [0.05, 0.1) is 19.5 Å². The summed E-state index contributed by atoms with van der Waals surface area (Å²) in [5.41, 5.74) is 0.873. The standard InChI is InChI=1S/C19H22FN3O3/c1-12-3-4-13(9-16(12)20)19(24)22-14-5-7-15(8-6-14)26-18-11-21-10-17(23-18)25-2/h3-4,9-11,14-15H,5-8H2,1-2H3,(H,22,24). The molecule has 1 aliphatic rings. The van der Waals surface area contributed by atoms with Crippen molar-refractivity contribution in [3.63, 3.8) is 0 Å². The molecule has 0 unspecified atom stereocenters. The molecule has 0 saturated heterocycles. The second kappa shape index (κ2) is 8.12. The van der Waals surface area contributed by atoms with Crippen molar-refractivity contribution in [1.29, 1.82) is 0 Å². The van der Waals surface area contributed by atoms with Crippen molar-refractivity contribution in [1.82, 2.24) is 15.3 Å². The number of benzene rings is 1. The van der Waals surface area contributed by atoms with E-state index in [4.69, 9.17) is 9.47 Å². The van der Waals surface area contributed by atoms with Crippen LogP contribution in [0.3, 0.4) is 0 Å². The van der Waals surface area contributed by atoms with Crippen molar-refractivity contribution >= 4 is 5.91 Å². The van der Waals surface area contributed by atoms with Gasteiger partial charge in [0.25, 0.3) is 5.91 Å². The Morgan fingerprint density at radius 1 is 1.19 bits per heavy atom. The highest BCUT2D eigenvalue weighted by atomic mass is 19.1. The van der Waals surface area contributed by atoms with E-state index in [9.17, 15) is 9.18 Å². The summed E-state index contributed by atoms with van der Waals surface area (Å²) in [5, 5.41) is 2.98. The van der Waals surface area contributed by atoms with Crippen LogP contribution in [0.15, 0.2) is 30.6 Å². The van der Waals surface area contributed by atoms with Crippen LogP contribution in [0.1, 0.15) is 41.6 Å². The summed E-state index contributed by atoms with van der Waals surface area (Å²) in [6.07, 6.45) is 6.29. The summed E-state index contributed by atoms with van der Waals surface area (Å²) >= 11 is 0. The Bertz CT molecular complexity index is 776. The third kappa shape index (κ3) is 4.47. The molecule has 6 nitrogen and oxygen atoms in total. The minimum atomic E-state index is -0.367. The van der Waals surface area contributed by atoms with Crippen molar-refractivity contribution in [2.45, 2.75) is 44.8 Å². The molecule has 1 aromatic heterocycles. The van der Waals surface area contributed by atoms with E-state index in [1.807, 2.05) is 0 Å². The Morgan fingerprint density at radius 2 is 1.92 bits per heavy atom. The Labute approximate surface area is 151 Å². The van der Waals surface area contributed by atoms with Crippen LogP contribution in [0.5, 0.6) is 11.8 Å². The van der Waals surface area contributed by atoms with E-state index in [1.54, 1.807) is 25.3 Å². The van der Waals surface area contributed by atoms with Crippen LogP contribution >= 0.6 is 0 Å². The molecule has 0 bridgehead atoms. The number of aromatic nitrogens is 2. The molecular formula is C19H22FN3O3. The Kier molecular flexibility index (Phi) is 5.65. The first-order valence-electron chi connectivity index (χ1n) is 8.65. The first kappa shape index (κ1) is 18.1. The predicted molar refractivity (Wildman–Crippen MR) is 93.9 cm³/mol. The maximum atomic E-state index is 13.6. The van der Waals surface area contributed by atoms with Crippen LogP contribution in [-0.2, 0) is 0 Å². The third-order valence-electron chi connectivity index (χ3n) is 4.53. The van der Waals surface area contributed by atoms with Gasteiger partial charge in [-0.15, -0.1) is 0 Å². The monoisotopic (exact) mass is 359 g/mol. The SMILES string of the molecule is COc1cncc(OC2CCC(NC(=O)c3ccc(C)c(F)c3)CC2)n1. The van der Waals surface area contributed by atoms with Crippen LogP contribution in [0.4, 0.5) is 4.39 Å². The van der Waals surface area contributed by atoms with Crippen molar-refractivity contribution in [2.75, 3.05) is 7.11 Å². The highest BCUT2D eigenvalue weighted by Gasteiger charge is 2.24. The number of carbonyl (C=O) groups excluding carboxylic acids is 1. The average Bonchev–Trinajstić information content (AvgIpc) is 2.65. The van der Waals surface area contributed by atoms with Crippen LogP contribution < -0.4 is 14.8 Å². The normalized spacial score (nSPS) is 19.7. The summed E-state index contributed by atoms with van der Waals surface area (Å²) in [6, 6.07) is 4.60. The Hall–Kier alpha value is -2.70. The van der Waals surface area contributed by atoms with Gasteiger partial charge >= 0.3 is 0 Å². The summed E-state index contributed by atoms with van der Waals surface area (Å²) in [6.45, 7) is 1.67. The van der Waals surface area contributed by atoms with Gasteiger partial charge in [-0.25, -0.2) is 4.39 Å². The number of nitrogens with one attached hydrogen (secondary N) is 1. The van der Waals surface area contributed by atoms with E-state index in [1.165, 1.54) is 19.4 Å². The molecule has 7 heteroatoms. The number of nitrogens with zero attached hydrogens (tertiary/aromatic N) is 2. The summed E-state index contributed by atoms with van der Waals surface area (Å²) < 4.78 is 24.5. The highest BCUT2D eigenvalue weighted by Crippen LogP contribution is 2.24. The topological polar surface area (TPSA) is 73.3 Å². The zero-order valence-corrected chi connectivity index (χ0v) is 14.9. The van der Waals surface area contributed by atoms with Gasteiger partial charge in [0.2, 0.25) is 11.8 Å². The number of hydrogen-bond donors (Lipinski definition) is 1. The lowest BCUT2D eigenvalue weighted by Gasteiger charge is -2.29. The maximum absolute atomic E-state index is 13.6. The molecule has 0 aliphatic heterocycles. The van der Waals surface area contributed by atoms with Gasteiger partial charge in [-0.2, -0.15) is 4.98 Å². The molecule has 1 saturated carbocycles. The minimum absolute atomic E-state index is 0.0291. The molecule has 138 valence electrons. The number of rotatable bonds is 5. The fourth-order valence-electron chi connectivity index (χ4n) is 2.98. The van der Waals surface area contributed by atoms with Gasteiger partial charge in [-0.3, -0.25) is 9.78 Å². The number of halogens is 1. The first-order valence-corrected chi connectivity index (χ1v) is 8.65. The zero-order chi connectivity index (χ0) is 18.5. The first-order chi connectivity index (χ1) is 12.5. The zero-order valence-electron chi connectivity index (χ0n) is 14.9. The fraction of sp³-hybridized carbons (Fsp3) is 0.421. The smallest absolute Gasteiger partial charge is 0.251 e. The lowest BCUT2D eigenvalue weighted by molar-refractivity contribution is 0.0888. The summed E-state index contributed by atoms with van der Waals surface area (Å²) in [5.74, 6) is 0.238. The van der Waals surface area contributed by atoms with Crippen LogP contribution in [-0.4, -0.2) is 35.1 Å². The molecular weight excluding hydrogens is 337 g/mol. The second-order valence-electron chi connectivity index (χ2n) is 6.43. The van der Waals surface area contributed by atoms with Gasteiger partial charge in [-0.05, 0) is 50.3 Å². The predicted octanol–water partition coefficient (Wildman–Crippen LogP) is 3.05. The molecule has 1 N–H and O–H groups in total. The number of hydrogen-bond acceptors (Lipinski definition) is 5. The van der Waals surface area contributed by atoms with Crippen molar-refractivity contribution < 1.29 is 18.7 Å². The Morgan fingerprint density at radius 3 is 2.62 bits per heavy atom. The lowest BCUT2D eigenvalue weighted by atomic mass is 9.92. The summed E-state index contributed by atoms with van der Waals surface area (Å²) in [7, 11) is 1.53. The van der Waals surface area contributed by atoms with E-state index in [0.29, 0.717) is 22.9 Å². The molecule has 2 aromatic rings. The van der Waals surface area contributed by atoms with Gasteiger partial charge < -0.3 is 14.8 Å².